The molecule has 1 aliphatic heterocycles. The lowest BCUT2D eigenvalue weighted by Gasteiger charge is -2.40. The summed E-state index contributed by atoms with van der Waals surface area (Å²) < 4.78 is 35.0. The van der Waals surface area contributed by atoms with E-state index in [-0.39, 0.29) is 41.4 Å². The zero-order valence-electron chi connectivity index (χ0n) is 25.2. The number of aryl methyl sites for hydroxylation is 2. The molecule has 0 atom stereocenters. The summed E-state index contributed by atoms with van der Waals surface area (Å²) in [7, 11) is -0.656. The molecule has 0 bridgehead atoms. The van der Waals surface area contributed by atoms with E-state index in [0.29, 0.717) is 40.0 Å². The molecule has 0 spiro atoms. The van der Waals surface area contributed by atoms with Crippen LogP contribution in [-0.4, -0.2) is 60.4 Å². The first-order valence-electron chi connectivity index (χ1n) is 14.3. The van der Waals surface area contributed by atoms with E-state index < -0.39 is 16.0 Å². The quantitative estimate of drug-likeness (QED) is 0.341. The molecule has 0 radical (unpaired) electrons. The Bertz CT molecular complexity index is 1420. The average molecular weight is 603 g/mol. The lowest BCUT2D eigenvalue weighted by molar-refractivity contribution is -0.124. The van der Waals surface area contributed by atoms with Crippen molar-refractivity contribution >= 4 is 38.9 Å². The fraction of sp³-hybridized carbons (Fsp3) is 0.633. The van der Waals surface area contributed by atoms with Crippen molar-refractivity contribution in [3.8, 4) is 11.8 Å². The van der Waals surface area contributed by atoms with Crippen LogP contribution >= 0.6 is 11.3 Å². The Kier molecular flexibility index (Phi) is 9.36. The van der Waals surface area contributed by atoms with Crippen molar-refractivity contribution in [2.45, 2.75) is 84.2 Å². The van der Waals surface area contributed by atoms with Gasteiger partial charge in [-0.2, -0.15) is 4.31 Å². The van der Waals surface area contributed by atoms with Gasteiger partial charge < -0.3 is 14.2 Å². The first-order chi connectivity index (χ1) is 19.2. The molecule has 0 unspecified atom stereocenters. The van der Waals surface area contributed by atoms with Gasteiger partial charge in [0.2, 0.25) is 5.91 Å². The molecule has 1 aliphatic carbocycles. The van der Waals surface area contributed by atoms with Gasteiger partial charge in [-0.15, -0.1) is 11.3 Å². The topological polar surface area (TPSA) is 102 Å². The van der Waals surface area contributed by atoms with Crippen LogP contribution in [0.15, 0.2) is 17.3 Å². The molecule has 1 amide bonds. The van der Waals surface area contributed by atoms with Crippen molar-refractivity contribution in [2.75, 3.05) is 25.1 Å². The Labute approximate surface area is 248 Å². The van der Waals surface area contributed by atoms with E-state index in [1.54, 1.807) is 23.4 Å². The van der Waals surface area contributed by atoms with Crippen LogP contribution in [-0.2, 0) is 26.6 Å². The minimum Gasteiger partial charge on any atom is -0.465 e. The summed E-state index contributed by atoms with van der Waals surface area (Å²) in [5.41, 5.74) is 0.291. The Morgan fingerprint density at radius 3 is 2.29 bits per heavy atom. The first-order valence-corrected chi connectivity index (χ1v) is 16.6. The van der Waals surface area contributed by atoms with Crippen molar-refractivity contribution in [1.29, 1.82) is 0 Å². The van der Waals surface area contributed by atoms with E-state index in [9.17, 15) is 18.0 Å². The number of hydrogen-bond acceptors (Lipinski definition) is 7. The smallest absolute Gasteiger partial charge is 0.350 e. The number of rotatable bonds is 6. The van der Waals surface area contributed by atoms with Crippen LogP contribution in [0, 0.1) is 36.0 Å². The van der Waals surface area contributed by atoms with Crippen LogP contribution in [0.5, 0.6) is 0 Å². The third-order valence-corrected chi connectivity index (χ3v) is 10.8. The van der Waals surface area contributed by atoms with Crippen LogP contribution in [0.2, 0.25) is 0 Å². The van der Waals surface area contributed by atoms with Crippen molar-refractivity contribution in [2.24, 2.45) is 24.3 Å². The summed E-state index contributed by atoms with van der Waals surface area (Å²) in [6.45, 7) is 10.5. The molecule has 2 aromatic rings. The number of nitrogens with zero attached hydrogens (tertiary/aromatic N) is 4. The third-order valence-electron chi connectivity index (χ3n) is 7.99. The van der Waals surface area contributed by atoms with E-state index >= 15 is 0 Å². The van der Waals surface area contributed by atoms with Crippen LogP contribution in [0.25, 0.3) is 0 Å². The van der Waals surface area contributed by atoms with Gasteiger partial charge in [-0.05, 0) is 78.2 Å². The first kappa shape index (κ1) is 31.3. The monoisotopic (exact) mass is 602 g/mol. The van der Waals surface area contributed by atoms with Gasteiger partial charge in [0.25, 0.3) is 10.0 Å². The van der Waals surface area contributed by atoms with Gasteiger partial charge in [-0.25, -0.2) is 18.2 Å². The number of carbonyl (C=O) groups excluding carboxylic acids is 2. The van der Waals surface area contributed by atoms with Gasteiger partial charge in [0.15, 0.2) is 5.03 Å². The number of anilines is 1. The number of amides is 1. The van der Waals surface area contributed by atoms with Crippen molar-refractivity contribution in [3.05, 3.63) is 27.8 Å². The predicted octanol–water partition coefficient (Wildman–Crippen LogP) is 4.99. The fourth-order valence-electron chi connectivity index (χ4n) is 5.43. The summed E-state index contributed by atoms with van der Waals surface area (Å²) >= 11 is 1.24. The zero-order valence-corrected chi connectivity index (χ0v) is 26.8. The number of ether oxygens (including phenoxy) is 1. The Morgan fingerprint density at radius 1 is 1.12 bits per heavy atom. The van der Waals surface area contributed by atoms with Crippen LogP contribution in [0.4, 0.5) is 5.69 Å². The highest BCUT2D eigenvalue weighted by molar-refractivity contribution is 7.89. The maximum atomic E-state index is 14.2. The summed E-state index contributed by atoms with van der Waals surface area (Å²) in [4.78, 5) is 34.2. The second kappa shape index (κ2) is 12.3. The highest BCUT2D eigenvalue weighted by Crippen LogP contribution is 2.38. The third kappa shape index (κ3) is 7.04. The maximum absolute atomic E-state index is 14.2. The fourth-order valence-corrected chi connectivity index (χ4v) is 7.85. The van der Waals surface area contributed by atoms with E-state index in [0.717, 1.165) is 25.7 Å². The largest absolute Gasteiger partial charge is 0.465 e. The Hall–Kier alpha value is -2.68. The molecular formula is C30H42N4O5S2. The number of carbonyl (C=O) groups is 2. The van der Waals surface area contributed by atoms with Crippen molar-refractivity contribution < 1.29 is 22.7 Å². The van der Waals surface area contributed by atoms with Gasteiger partial charge in [-0.1, -0.05) is 18.8 Å². The van der Waals surface area contributed by atoms with E-state index in [1.807, 2.05) is 26.8 Å². The molecular weight excluding hydrogens is 560 g/mol. The molecule has 11 heteroatoms. The molecule has 9 nitrogen and oxygen atoms in total. The van der Waals surface area contributed by atoms with Crippen LogP contribution in [0.3, 0.4) is 0 Å². The molecule has 0 aromatic carbocycles. The second-order valence-corrected chi connectivity index (χ2v) is 15.3. The van der Waals surface area contributed by atoms with E-state index in [2.05, 4.69) is 23.7 Å². The molecule has 224 valence electrons. The molecule has 4 rings (SSSR count). The maximum Gasteiger partial charge on any atom is 0.350 e. The zero-order chi connectivity index (χ0) is 30.1. The highest BCUT2D eigenvalue weighted by Gasteiger charge is 2.39. The second-order valence-electron chi connectivity index (χ2n) is 12.4. The molecule has 2 aromatic heterocycles. The minimum absolute atomic E-state index is 0.00292. The average Bonchev–Trinajstić information content (AvgIpc) is 3.50. The molecule has 3 heterocycles. The van der Waals surface area contributed by atoms with Crippen LogP contribution < -0.4 is 4.90 Å². The summed E-state index contributed by atoms with van der Waals surface area (Å²) in [6, 6.07) is 1.57. The van der Waals surface area contributed by atoms with Gasteiger partial charge in [0, 0.05) is 43.7 Å². The number of methoxy groups -OCH3 is 1. The normalized spacial score (nSPS) is 20.8. The summed E-state index contributed by atoms with van der Waals surface area (Å²) in [5, 5.41) is 0.0353. The highest BCUT2D eigenvalue weighted by atomic mass is 32.2. The van der Waals surface area contributed by atoms with Gasteiger partial charge in [0.05, 0.1) is 17.7 Å². The number of piperidine rings is 1. The molecule has 2 fully saturated rings. The van der Waals surface area contributed by atoms with Crippen molar-refractivity contribution in [3.63, 3.8) is 0 Å². The SMILES string of the molecule is COC(=O)c1sc(C#CC(C)(C)C)cc1N(C(=O)[C@H]1CC[C@H](C)CC1)C1CCN(S(=O)(=O)c2cn(C)c(C)n2)CC1. The summed E-state index contributed by atoms with van der Waals surface area (Å²) in [5.74, 6) is 6.96. The minimum atomic E-state index is -3.76. The van der Waals surface area contributed by atoms with E-state index in [4.69, 9.17) is 4.74 Å². The number of esters is 1. The number of hydrogen-bond donors (Lipinski definition) is 0. The lowest BCUT2D eigenvalue weighted by Crippen LogP contribution is -2.51. The lowest BCUT2D eigenvalue weighted by atomic mass is 9.82. The number of aromatic nitrogens is 2. The Morgan fingerprint density at radius 2 is 1.76 bits per heavy atom. The van der Waals surface area contributed by atoms with E-state index in [1.165, 1.54) is 28.9 Å². The summed E-state index contributed by atoms with van der Waals surface area (Å²) in [6.07, 6.45) is 6.00. The van der Waals surface area contributed by atoms with Crippen molar-refractivity contribution in [1.82, 2.24) is 13.9 Å². The number of thiophene rings is 1. The number of sulfonamides is 1. The van der Waals surface area contributed by atoms with Gasteiger partial charge >= 0.3 is 5.97 Å². The predicted molar refractivity (Wildman–Crippen MR) is 160 cm³/mol. The van der Waals surface area contributed by atoms with Gasteiger partial charge in [0.1, 0.15) is 10.7 Å². The molecule has 1 saturated heterocycles. The number of imidazole rings is 1. The standard InChI is InChI=1S/C30H42N4O5S2/c1-20-8-10-22(11-9-20)28(35)34(25-18-24(12-15-30(3,4)5)40-27(25)29(36)39-7)23-13-16-33(17-14-23)41(37,38)26-19-32(6)21(2)31-26/h18-20,22-23H,8-11,13-14,16-17H2,1-7H3/t20-,22-. The molecule has 0 N–H and O–H groups in total. The molecule has 1 saturated carbocycles. The van der Waals surface area contributed by atoms with Crippen LogP contribution in [0.1, 0.15) is 86.6 Å². The Balaban J connectivity index is 1.68. The molecule has 41 heavy (non-hydrogen) atoms. The molecule has 2 aliphatic rings. The van der Waals surface area contributed by atoms with Gasteiger partial charge in [-0.3, -0.25) is 4.79 Å².